The second-order valence-electron chi connectivity index (χ2n) is 5.94. The average Bonchev–Trinajstić information content (AvgIpc) is 2.70. The Labute approximate surface area is 157 Å². The first-order valence-electron chi connectivity index (χ1n) is 8.65. The molecule has 0 aliphatic carbocycles. The van der Waals surface area contributed by atoms with E-state index in [9.17, 15) is 9.59 Å². The molecule has 0 aliphatic heterocycles. The lowest BCUT2D eigenvalue weighted by molar-refractivity contribution is 0.0981. The van der Waals surface area contributed by atoms with Gasteiger partial charge in [-0.25, -0.2) is 9.97 Å². The van der Waals surface area contributed by atoms with Crippen LogP contribution >= 0.6 is 0 Å². The monoisotopic (exact) mass is 360 g/mol. The summed E-state index contributed by atoms with van der Waals surface area (Å²) >= 11 is 0. The van der Waals surface area contributed by atoms with Gasteiger partial charge in [-0.1, -0.05) is 30.3 Å². The zero-order valence-corrected chi connectivity index (χ0v) is 15.2. The van der Waals surface area contributed by atoms with Crippen LogP contribution < -0.4 is 10.2 Å². The standard InChI is InChI=1S/C21H20N4O2/c1-3-25(18-10-5-4-6-11-18)21(27)19-13-20(23-14-22-19)24-17-9-7-8-16(12-17)15(2)26/h4-14H,3H2,1-2H3,(H,22,23,24). The highest BCUT2D eigenvalue weighted by Gasteiger charge is 2.18. The normalized spacial score (nSPS) is 10.3. The SMILES string of the molecule is CCN(C(=O)c1cc(Nc2cccc(C(C)=O)c2)ncn1)c1ccccc1. The fourth-order valence-corrected chi connectivity index (χ4v) is 2.70. The van der Waals surface area contributed by atoms with Crippen LogP contribution in [0.1, 0.15) is 34.7 Å². The van der Waals surface area contributed by atoms with Crippen LogP contribution in [0.25, 0.3) is 0 Å². The highest BCUT2D eigenvalue weighted by molar-refractivity contribution is 6.05. The molecule has 0 fully saturated rings. The molecule has 0 saturated heterocycles. The molecule has 3 aromatic rings. The molecular weight excluding hydrogens is 340 g/mol. The predicted octanol–water partition coefficient (Wildman–Crippen LogP) is 4.09. The number of hydrogen-bond acceptors (Lipinski definition) is 5. The van der Waals surface area contributed by atoms with Gasteiger partial charge in [-0.05, 0) is 38.1 Å². The van der Waals surface area contributed by atoms with E-state index in [0.29, 0.717) is 23.6 Å². The second kappa shape index (κ2) is 8.23. The van der Waals surface area contributed by atoms with Crippen molar-refractivity contribution in [2.75, 3.05) is 16.8 Å². The van der Waals surface area contributed by atoms with Crippen LogP contribution in [0.3, 0.4) is 0 Å². The fraction of sp³-hybridized carbons (Fsp3) is 0.143. The summed E-state index contributed by atoms with van der Waals surface area (Å²) in [4.78, 5) is 34.4. The topological polar surface area (TPSA) is 75.2 Å². The first kappa shape index (κ1) is 18.3. The fourth-order valence-electron chi connectivity index (χ4n) is 2.70. The van der Waals surface area contributed by atoms with Gasteiger partial charge in [0.15, 0.2) is 5.78 Å². The van der Waals surface area contributed by atoms with E-state index in [1.54, 1.807) is 29.2 Å². The number of para-hydroxylation sites is 1. The Bertz CT molecular complexity index is 957. The van der Waals surface area contributed by atoms with Crippen LogP contribution in [-0.4, -0.2) is 28.2 Å². The number of anilines is 3. The molecule has 6 nitrogen and oxygen atoms in total. The molecule has 0 spiro atoms. The van der Waals surface area contributed by atoms with Gasteiger partial charge < -0.3 is 10.2 Å². The van der Waals surface area contributed by atoms with Crippen molar-refractivity contribution in [2.24, 2.45) is 0 Å². The molecule has 1 N–H and O–H groups in total. The van der Waals surface area contributed by atoms with Gasteiger partial charge in [0.1, 0.15) is 17.8 Å². The van der Waals surface area contributed by atoms with Gasteiger partial charge in [-0.2, -0.15) is 0 Å². The molecule has 27 heavy (non-hydrogen) atoms. The Morgan fingerprint density at radius 3 is 2.48 bits per heavy atom. The third kappa shape index (κ3) is 4.36. The molecule has 0 saturated carbocycles. The van der Waals surface area contributed by atoms with E-state index in [1.165, 1.54) is 13.3 Å². The smallest absolute Gasteiger partial charge is 0.277 e. The van der Waals surface area contributed by atoms with Crippen LogP contribution in [0.5, 0.6) is 0 Å². The van der Waals surface area contributed by atoms with Crippen molar-refractivity contribution in [3.63, 3.8) is 0 Å². The van der Waals surface area contributed by atoms with Gasteiger partial charge in [0.05, 0.1) is 0 Å². The number of Topliss-reactive ketones (excluding diaryl/α,β-unsaturated/α-hetero) is 1. The van der Waals surface area contributed by atoms with E-state index < -0.39 is 0 Å². The number of benzene rings is 2. The lowest BCUT2D eigenvalue weighted by atomic mass is 10.1. The van der Waals surface area contributed by atoms with Crippen molar-refractivity contribution in [2.45, 2.75) is 13.8 Å². The minimum absolute atomic E-state index is 0.0151. The Balaban J connectivity index is 1.84. The molecule has 3 rings (SSSR count). The zero-order chi connectivity index (χ0) is 19.2. The number of carbonyl (C=O) groups is 2. The number of rotatable bonds is 6. The first-order valence-corrected chi connectivity index (χ1v) is 8.65. The number of nitrogens with zero attached hydrogens (tertiary/aromatic N) is 3. The lowest BCUT2D eigenvalue weighted by Crippen LogP contribution is -2.31. The summed E-state index contributed by atoms with van der Waals surface area (Å²) in [5.74, 6) is 0.267. The molecule has 0 radical (unpaired) electrons. The largest absolute Gasteiger partial charge is 0.340 e. The Kier molecular flexibility index (Phi) is 5.56. The third-order valence-corrected chi connectivity index (χ3v) is 4.06. The van der Waals surface area contributed by atoms with Crippen molar-refractivity contribution in [1.82, 2.24) is 9.97 Å². The molecule has 1 heterocycles. The van der Waals surface area contributed by atoms with Crippen molar-refractivity contribution in [3.05, 3.63) is 78.2 Å². The molecule has 0 bridgehead atoms. The number of ketones is 1. The summed E-state index contributed by atoms with van der Waals surface area (Å²) < 4.78 is 0. The number of aromatic nitrogens is 2. The number of nitrogens with one attached hydrogen (secondary N) is 1. The van der Waals surface area contributed by atoms with Crippen molar-refractivity contribution < 1.29 is 9.59 Å². The molecular formula is C21H20N4O2. The van der Waals surface area contributed by atoms with Crippen LogP contribution in [0.2, 0.25) is 0 Å². The molecule has 136 valence electrons. The van der Waals surface area contributed by atoms with E-state index in [0.717, 1.165) is 11.4 Å². The summed E-state index contributed by atoms with van der Waals surface area (Å²) in [7, 11) is 0. The molecule has 2 aromatic carbocycles. The summed E-state index contributed by atoms with van der Waals surface area (Å²) in [6.07, 6.45) is 1.35. The summed E-state index contributed by atoms with van der Waals surface area (Å²) in [6.45, 7) is 3.96. The second-order valence-corrected chi connectivity index (χ2v) is 5.94. The van der Waals surface area contributed by atoms with Crippen LogP contribution in [0.15, 0.2) is 67.0 Å². The highest BCUT2D eigenvalue weighted by atomic mass is 16.2. The Morgan fingerprint density at radius 2 is 1.78 bits per heavy atom. The lowest BCUT2D eigenvalue weighted by Gasteiger charge is -2.20. The van der Waals surface area contributed by atoms with Gasteiger partial charge in [0.25, 0.3) is 5.91 Å². The van der Waals surface area contributed by atoms with Crippen molar-refractivity contribution in [3.8, 4) is 0 Å². The van der Waals surface area contributed by atoms with Crippen LogP contribution in [0, 0.1) is 0 Å². The maximum Gasteiger partial charge on any atom is 0.277 e. The van der Waals surface area contributed by atoms with Gasteiger partial charge in [-0.3, -0.25) is 9.59 Å². The van der Waals surface area contributed by atoms with Crippen molar-refractivity contribution >= 4 is 28.9 Å². The van der Waals surface area contributed by atoms with E-state index in [2.05, 4.69) is 15.3 Å². The molecule has 0 unspecified atom stereocenters. The number of carbonyl (C=O) groups excluding carboxylic acids is 2. The van der Waals surface area contributed by atoms with Gasteiger partial charge in [0.2, 0.25) is 0 Å². The highest BCUT2D eigenvalue weighted by Crippen LogP contribution is 2.19. The quantitative estimate of drug-likeness (QED) is 0.670. The average molecular weight is 360 g/mol. The van der Waals surface area contributed by atoms with E-state index >= 15 is 0 Å². The summed E-state index contributed by atoms with van der Waals surface area (Å²) in [5.41, 5.74) is 2.43. The molecule has 0 aliphatic rings. The van der Waals surface area contributed by atoms with Gasteiger partial charge in [0, 0.05) is 29.5 Å². The van der Waals surface area contributed by atoms with E-state index in [4.69, 9.17) is 0 Å². The maximum atomic E-state index is 12.9. The molecule has 1 amide bonds. The zero-order valence-electron chi connectivity index (χ0n) is 15.2. The van der Waals surface area contributed by atoms with Crippen molar-refractivity contribution in [1.29, 1.82) is 0 Å². The summed E-state index contributed by atoms with van der Waals surface area (Å²) in [6, 6.07) is 18.2. The van der Waals surface area contributed by atoms with Crippen LogP contribution in [0.4, 0.5) is 17.2 Å². The maximum absolute atomic E-state index is 12.9. The minimum Gasteiger partial charge on any atom is -0.340 e. The van der Waals surface area contributed by atoms with E-state index in [1.807, 2.05) is 43.3 Å². The predicted molar refractivity (Wildman–Crippen MR) is 106 cm³/mol. The number of amides is 1. The molecule has 1 aromatic heterocycles. The molecule has 0 atom stereocenters. The van der Waals surface area contributed by atoms with Gasteiger partial charge >= 0.3 is 0 Å². The summed E-state index contributed by atoms with van der Waals surface area (Å²) in [5, 5.41) is 3.12. The Morgan fingerprint density at radius 1 is 1.00 bits per heavy atom. The third-order valence-electron chi connectivity index (χ3n) is 4.06. The van der Waals surface area contributed by atoms with E-state index in [-0.39, 0.29) is 11.7 Å². The minimum atomic E-state index is -0.202. The number of hydrogen-bond donors (Lipinski definition) is 1. The van der Waals surface area contributed by atoms with Crippen LogP contribution in [-0.2, 0) is 0 Å². The van der Waals surface area contributed by atoms with Gasteiger partial charge in [-0.15, -0.1) is 0 Å². The molecule has 6 heteroatoms. The first-order chi connectivity index (χ1) is 13.1. The Hall–Kier alpha value is -3.54.